The molecule has 0 N–H and O–H groups in total. The summed E-state index contributed by atoms with van der Waals surface area (Å²) in [6, 6.07) is 19.0. The van der Waals surface area contributed by atoms with E-state index in [9.17, 15) is 9.59 Å². The van der Waals surface area contributed by atoms with Gasteiger partial charge in [0, 0.05) is 15.2 Å². The number of carbonyl (C=O) groups is 1. The monoisotopic (exact) mass is 523 g/mol. The molecule has 1 aromatic heterocycles. The first kappa shape index (κ1) is 21.7. The second kappa shape index (κ2) is 8.69. The summed E-state index contributed by atoms with van der Waals surface area (Å²) >= 11 is 9.63. The van der Waals surface area contributed by atoms with Gasteiger partial charge >= 0.3 is 0 Å². The number of rotatable bonds is 5. The maximum absolute atomic E-state index is 13.6. The number of hydrogen-bond acceptors (Lipinski definition) is 4. The van der Waals surface area contributed by atoms with Crippen LogP contribution in [0.1, 0.15) is 41.1 Å². The molecule has 1 amide bonds. The van der Waals surface area contributed by atoms with E-state index >= 15 is 0 Å². The van der Waals surface area contributed by atoms with Crippen molar-refractivity contribution in [2.24, 2.45) is 0 Å². The summed E-state index contributed by atoms with van der Waals surface area (Å²) in [6.07, 6.45) is 0.902. The summed E-state index contributed by atoms with van der Waals surface area (Å²) in [5, 5.41) is 0.773. The highest BCUT2D eigenvalue weighted by Gasteiger charge is 2.43. The van der Waals surface area contributed by atoms with Gasteiger partial charge < -0.3 is 9.15 Å². The van der Waals surface area contributed by atoms with E-state index in [1.807, 2.05) is 55.5 Å². The van der Waals surface area contributed by atoms with Crippen molar-refractivity contribution < 1.29 is 13.9 Å². The molecule has 2 heterocycles. The van der Waals surface area contributed by atoms with Crippen molar-refractivity contribution in [1.82, 2.24) is 0 Å². The topological polar surface area (TPSA) is 59.8 Å². The molecule has 0 bridgehead atoms. The minimum Gasteiger partial charge on any atom is -0.494 e. The Bertz CT molecular complexity index is 1430. The molecule has 1 aliphatic rings. The molecule has 1 atom stereocenters. The smallest absolute Gasteiger partial charge is 0.295 e. The standard InChI is InChI=1S/C26H19BrClNO4/c1-2-12-32-19-9-6-15(7-10-19)23-22-24(30)20-14-17(28)8-11-21(20)33-25(22)26(31)29(23)18-5-3-4-16(27)13-18/h3-11,13-14,23H,2,12H2,1H3. The molecule has 33 heavy (non-hydrogen) atoms. The highest BCUT2D eigenvalue weighted by atomic mass is 79.9. The van der Waals surface area contributed by atoms with Gasteiger partial charge in [-0.25, -0.2) is 0 Å². The number of hydrogen-bond donors (Lipinski definition) is 0. The van der Waals surface area contributed by atoms with Crippen molar-refractivity contribution in [2.75, 3.05) is 11.5 Å². The van der Waals surface area contributed by atoms with E-state index in [-0.39, 0.29) is 17.1 Å². The van der Waals surface area contributed by atoms with E-state index in [4.69, 9.17) is 20.8 Å². The molecule has 0 saturated carbocycles. The number of halogens is 2. The van der Waals surface area contributed by atoms with Gasteiger partial charge in [0.25, 0.3) is 5.91 Å². The average Bonchev–Trinajstić information content (AvgIpc) is 3.11. The van der Waals surface area contributed by atoms with Crippen molar-refractivity contribution in [2.45, 2.75) is 19.4 Å². The van der Waals surface area contributed by atoms with E-state index in [2.05, 4.69) is 15.9 Å². The van der Waals surface area contributed by atoms with Crippen LogP contribution in [-0.4, -0.2) is 12.5 Å². The van der Waals surface area contributed by atoms with Crippen LogP contribution in [0.3, 0.4) is 0 Å². The van der Waals surface area contributed by atoms with Crippen LogP contribution in [0.5, 0.6) is 5.75 Å². The first-order chi connectivity index (χ1) is 16.0. The van der Waals surface area contributed by atoms with Crippen LogP contribution in [0.15, 0.2) is 80.4 Å². The predicted molar refractivity (Wildman–Crippen MR) is 133 cm³/mol. The van der Waals surface area contributed by atoms with Gasteiger partial charge in [0.2, 0.25) is 5.76 Å². The molecule has 3 aromatic carbocycles. The minimum atomic E-state index is -0.651. The number of amides is 1. The molecule has 1 unspecified atom stereocenters. The van der Waals surface area contributed by atoms with Crippen LogP contribution >= 0.6 is 27.5 Å². The third-order valence-electron chi connectivity index (χ3n) is 5.59. The zero-order chi connectivity index (χ0) is 23.1. The van der Waals surface area contributed by atoms with Crippen molar-refractivity contribution in [3.8, 4) is 5.75 Å². The second-order valence-electron chi connectivity index (χ2n) is 7.79. The summed E-state index contributed by atoms with van der Waals surface area (Å²) in [5.74, 6) is 0.413. The highest BCUT2D eigenvalue weighted by Crippen LogP contribution is 2.42. The Morgan fingerprint density at radius 2 is 1.85 bits per heavy atom. The fraction of sp³-hybridized carbons (Fsp3) is 0.154. The first-order valence-corrected chi connectivity index (χ1v) is 11.7. The molecule has 1 aliphatic heterocycles. The molecule has 4 aromatic rings. The van der Waals surface area contributed by atoms with E-state index < -0.39 is 6.04 Å². The number of ether oxygens (including phenoxy) is 1. The summed E-state index contributed by atoms with van der Waals surface area (Å²) in [7, 11) is 0. The van der Waals surface area contributed by atoms with E-state index in [0.29, 0.717) is 33.8 Å². The Balaban J connectivity index is 1.73. The third-order valence-corrected chi connectivity index (χ3v) is 6.32. The lowest BCUT2D eigenvalue weighted by atomic mass is 9.98. The lowest BCUT2D eigenvalue weighted by Gasteiger charge is -2.25. The molecule has 0 fully saturated rings. The zero-order valence-electron chi connectivity index (χ0n) is 17.7. The van der Waals surface area contributed by atoms with E-state index in [1.165, 1.54) is 0 Å². The normalized spacial score (nSPS) is 15.2. The minimum absolute atomic E-state index is 0.0473. The van der Waals surface area contributed by atoms with E-state index in [1.54, 1.807) is 23.1 Å². The quantitative estimate of drug-likeness (QED) is 0.290. The zero-order valence-corrected chi connectivity index (χ0v) is 20.0. The Morgan fingerprint density at radius 1 is 1.06 bits per heavy atom. The van der Waals surface area contributed by atoms with Gasteiger partial charge in [-0.2, -0.15) is 0 Å². The fourth-order valence-electron chi connectivity index (χ4n) is 4.12. The lowest BCUT2D eigenvalue weighted by Crippen LogP contribution is -2.29. The number of fused-ring (bicyclic) bond motifs is 2. The van der Waals surface area contributed by atoms with Crippen molar-refractivity contribution >= 4 is 50.1 Å². The maximum Gasteiger partial charge on any atom is 0.295 e. The molecular formula is C26H19BrClNO4. The third kappa shape index (κ3) is 3.83. The van der Waals surface area contributed by atoms with Crippen LogP contribution in [0.4, 0.5) is 5.69 Å². The number of nitrogens with zero attached hydrogens (tertiary/aromatic N) is 1. The summed E-state index contributed by atoms with van der Waals surface area (Å²) in [5.41, 5.74) is 1.79. The van der Waals surface area contributed by atoms with Gasteiger partial charge in [-0.15, -0.1) is 0 Å². The van der Waals surface area contributed by atoms with Crippen LogP contribution in [0, 0.1) is 0 Å². The lowest BCUT2D eigenvalue weighted by molar-refractivity contribution is 0.0971. The molecule has 0 spiro atoms. The summed E-state index contributed by atoms with van der Waals surface area (Å²) in [6.45, 7) is 2.66. The number of anilines is 1. The Labute approximate surface area is 203 Å². The highest BCUT2D eigenvalue weighted by molar-refractivity contribution is 9.10. The summed E-state index contributed by atoms with van der Waals surface area (Å²) in [4.78, 5) is 28.8. The first-order valence-electron chi connectivity index (χ1n) is 10.6. The number of benzene rings is 3. The Morgan fingerprint density at radius 3 is 2.58 bits per heavy atom. The molecule has 7 heteroatoms. The average molecular weight is 525 g/mol. The van der Waals surface area contributed by atoms with Gasteiger partial charge in [-0.3, -0.25) is 14.5 Å². The van der Waals surface area contributed by atoms with Crippen molar-refractivity contribution in [3.63, 3.8) is 0 Å². The van der Waals surface area contributed by atoms with Crippen LogP contribution in [0.25, 0.3) is 11.0 Å². The predicted octanol–water partition coefficient (Wildman–Crippen LogP) is 6.75. The molecule has 5 rings (SSSR count). The number of carbonyl (C=O) groups excluding carboxylic acids is 1. The summed E-state index contributed by atoms with van der Waals surface area (Å²) < 4.78 is 12.5. The second-order valence-corrected chi connectivity index (χ2v) is 9.14. The van der Waals surface area contributed by atoms with Crippen LogP contribution < -0.4 is 15.1 Å². The van der Waals surface area contributed by atoms with Gasteiger partial charge in [0.15, 0.2) is 5.43 Å². The van der Waals surface area contributed by atoms with Gasteiger partial charge in [-0.1, -0.05) is 52.7 Å². The molecule has 0 saturated heterocycles. The van der Waals surface area contributed by atoms with Gasteiger partial charge in [0.05, 0.1) is 23.6 Å². The SMILES string of the molecule is CCCOc1ccc(C2c3c(oc4ccc(Cl)cc4c3=O)C(=O)N2c2cccc(Br)c2)cc1. The van der Waals surface area contributed by atoms with Gasteiger partial charge in [0.1, 0.15) is 11.3 Å². The Hall–Kier alpha value is -3.09. The van der Waals surface area contributed by atoms with Gasteiger partial charge in [-0.05, 0) is 60.5 Å². The van der Waals surface area contributed by atoms with E-state index in [0.717, 1.165) is 22.2 Å². The van der Waals surface area contributed by atoms with Crippen LogP contribution in [-0.2, 0) is 0 Å². The molecule has 5 nitrogen and oxygen atoms in total. The molecule has 0 radical (unpaired) electrons. The molecule has 166 valence electrons. The van der Waals surface area contributed by atoms with Crippen molar-refractivity contribution in [1.29, 1.82) is 0 Å². The van der Waals surface area contributed by atoms with Crippen molar-refractivity contribution in [3.05, 3.63) is 103 Å². The maximum atomic E-state index is 13.6. The Kier molecular flexibility index (Phi) is 5.72. The largest absolute Gasteiger partial charge is 0.494 e. The molecule has 0 aliphatic carbocycles. The fourth-order valence-corrected chi connectivity index (χ4v) is 4.68. The van der Waals surface area contributed by atoms with Crippen LogP contribution in [0.2, 0.25) is 5.02 Å². The molecular weight excluding hydrogens is 506 g/mol.